The van der Waals surface area contributed by atoms with Crippen LogP contribution in [0.2, 0.25) is 0 Å². The van der Waals surface area contributed by atoms with Gasteiger partial charge in [-0.05, 0) is 49.9 Å². The van der Waals surface area contributed by atoms with E-state index in [1.54, 1.807) is 0 Å². The highest BCUT2D eigenvalue weighted by Gasteiger charge is 2.32. The number of hydrogen-bond acceptors (Lipinski definition) is 3. The summed E-state index contributed by atoms with van der Waals surface area (Å²) in [5, 5.41) is 3.03. The molecule has 7 heteroatoms. The molecule has 1 aromatic rings. The van der Waals surface area contributed by atoms with Gasteiger partial charge in [-0.1, -0.05) is 6.42 Å². The van der Waals surface area contributed by atoms with E-state index in [-0.39, 0.29) is 22.8 Å². The van der Waals surface area contributed by atoms with Crippen molar-refractivity contribution >= 4 is 15.9 Å². The maximum Gasteiger partial charge on any atom is 0.243 e. The van der Waals surface area contributed by atoms with Crippen molar-refractivity contribution in [2.24, 2.45) is 5.92 Å². The molecule has 1 amide bonds. The zero-order valence-electron chi connectivity index (χ0n) is 12.9. The van der Waals surface area contributed by atoms with E-state index >= 15 is 0 Å². The van der Waals surface area contributed by atoms with Crippen molar-refractivity contribution in [2.45, 2.75) is 43.0 Å². The summed E-state index contributed by atoms with van der Waals surface area (Å²) in [6.07, 6.45) is 4.26. The highest BCUT2D eigenvalue weighted by atomic mass is 32.2. The van der Waals surface area contributed by atoms with Crippen molar-refractivity contribution in [3.8, 4) is 0 Å². The van der Waals surface area contributed by atoms with E-state index in [1.165, 1.54) is 16.4 Å². The smallest absolute Gasteiger partial charge is 0.243 e. The van der Waals surface area contributed by atoms with E-state index in [4.69, 9.17) is 0 Å². The Labute approximate surface area is 135 Å². The van der Waals surface area contributed by atoms with Gasteiger partial charge in [0.15, 0.2) is 0 Å². The lowest BCUT2D eigenvalue weighted by Crippen LogP contribution is -2.48. The number of rotatable bonds is 4. The lowest BCUT2D eigenvalue weighted by molar-refractivity contribution is -0.128. The van der Waals surface area contributed by atoms with Crippen LogP contribution in [0.4, 0.5) is 4.39 Å². The Morgan fingerprint density at radius 2 is 1.70 bits per heavy atom. The lowest BCUT2D eigenvalue weighted by Gasteiger charge is -2.33. The van der Waals surface area contributed by atoms with Gasteiger partial charge >= 0.3 is 0 Å². The standard InChI is InChI=1S/C16H21FN2O3S/c17-13-4-6-15(7-5-13)23(21,22)19-10-8-14(9-11-19)18-16(20)12-2-1-3-12/h4-7,12,14H,1-3,8-11H2,(H,18,20). The molecule has 0 aromatic heterocycles. The third-order valence-electron chi connectivity index (χ3n) is 4.73. The fraction of sp³-hybridized carbons (Fsp3) is 0.562. The number of carbonyl (C=O) groups is 1. The van der Waals surface area contributed by atoms with Crippen LogP contribution in [-0.2, 0) is 14.8 Å². The monoisotopic (exact) mass is 340 g/mol. The maximum atomic E-state index is 12.9. The van der Waals surface area contributed by atoms with Crippen LogP contribution in [0.5, 0.6) is 0 Å². The Morgan fingerprint density at radius 1 is 1.09 bits per heavy atom. The van der Waals surface area contributed by atoms with Gasteiger partial charge in [0.25, 0.3) is 0 Å². The van der Waals surface area contributed by atoms with Gasteiger partial charge in [0.2, 0.25) is 15.9 Å². The number of carbonyl (C=O) groups excluding carboxylic acids is 1. The van der Waals surface area contributed by atoms with E-state index in [0.717, 1.165) is 31.4 Å². The Kier molecular flexibility index (Phi) is 4.68. The third-order valence-corrected chi connectivity index (χ3v) is 6.64. The molecule has 0 atom stereocenters. The quantitative estimate of drug-likeness (QED) is 0.910. The molecule has 1 heterocycles. The van der Waals surface area contributed by atoms with Crippen LogP contribution in [0, 0.1) is 11.7 Å². The number of nitrogens with zero attached hydrogens (tertiary/aromatic N) is 1. The zero-order valence-corrected chi connectivity index (χ0v) is 13.7. The molecule has 0 unspecified atom stereocenters. The predicted molar refractivity (Wildman–Crippen MR) is 83.7 cm³/mol. The Bertz CT molecular complexity index is 663. The number of amides is 1. The molecule has 0 bridgehead atoms. The summed E-state index contributed by atoms with van der Waals surface area (Å²) in [5.41, 5.74) is 0. The molecular formula is C16H21FN2O3S. The first kappa shape index (κ1) is 16.4. The van der Waals surface area contributed by atoms with Gasteiger partial charge in [-0.25, -0.2) is 12.8 Å². The normalized spacial score (nSPS) is 20.9. The van der Waals surface area contributed by atoms with Crippen molar-refractivity contribution in [2.75, 3.05) is 13.1 Å². The van der Waals surface area contributed by atoms with Crippen LogP contribution in [0.1, 0.15) is 32.1 Å². The van der Waals surface area contributed by atoms with Crippen molar-refractivity contribution in [3.63, 3.8) is 0 Å². The van der Waals surface area contributed by atoms with Crippen molar-refractivity contribution in [1.82, 2.24) is 9.62 Å². The molecule has 23 heavy (non-hydrogen) atoms. The van der Waals surface area contributed by atoms with Gasteiger partial charge in [-0.3, -0.25) is 4.79 Å². The Hall–Kier alpha value is -1.47. The number of piperidine rings is 1. The molecule has 2 fully saturated rings. The molecule has 1 saturated heterocycles. The van der Waals surface area contributed by atoms with E-state index in [9.17, 15) is 17.6 Å². The summed E-state index contributed by atoms with van der Waals surface area (Å²) in [7, 11) is -3.59. The van der Waals surface area contributed by atoms with Gasteiger partial charge in [0, 0.05) is 25.0 Å². The maximum absolute atomic E-state index is 12.9. The van der Waals surface area contributed by atoms with Gasteiger partial charge in [-0.15, -0.1) is 0 Å². The highest BCUT2D eigenvalue weighted by molar-refractivity contribution is 7.89. The molecule has 1 aliphatic heterocycles. The molecule has 1 aromatic carbocycles. The first-order chi connectivity index (χ1) is 11.0. The average Bonchev–Trinajstić information content (AvgIpc) is 2.46. The Morgan fingerprint density at radius 3 is 2.22 bits per heavy atom. The fourth-order valence-corrected chi connectivity index (χ4v) is 4.46. The minimum absolute atomic E-state index is 0.0442. The van der Waals surface area contributed by atoms with Crippen LogP contribution in [0.25, 0.3) is 0 Å². The first-order valence-corrected chi connectivity index (χ1v) is 9.47. The zero-order chi connectivity index (χ0) is 16.4. The molecule has 0 spiro atoms. The summed E-state index contributed by atoms with van der Waals surface area (Å²) in [4.78, 5) is 12.1. The second-order valence-electron chi connectivity index (χ2n) is 6.27. The van der Waals surface area contributed by atoms with Gasteiger partial charge in [0.1, 0.15) is 5.82 Å². The second-order valence-corrected chi connectivity index (χ2v) is 8.21. The topological polar surface area (TPSA) is 66.5 Å². The van der Waals surface area contributed by atoms with Crippen LogP contribution in [0.3, 0.4) is 0 Å². The Balaban J connectivity index is 1.57. The number of nitrogens with one attached hydrogen (secondary N) is 1. The molecule has 0 radical (unpaired) electrons. The van der Waals surface area contributed by atoms with E-state index in [1.807, 2.05) is 0 Å². The van der Waals surface area contributed by atoms with Crippen molar-refractivity contribution in [3.05, 3.63) is 30.1 Å². The summed E-state index contributed by atoms with van der Waals surface area (Å²) < 4.78 is 39.4. The number of halogens is 1. The third kappa shape index (κ3) is 3.55. The van der Waals surface area contributed by atoms with E-state index < -0.39 is 15.8 Å². The summed E-state index contributed by atoms with van der Waals surface area (Å²) in [6.45, 7) is 0.741. The van der Waals surface area contributed by atoms with Crippen molar-refractivity contribution < 1.29 is 17.6 Å². The largest absolute Gasteiger partial charge is 0.353 e. The van der Waals surface area contributed by atoms with Gasteiger partial charge in [0.05, 0.1) is 4.90 Å². The van der Waals surface area contributed by atoms with E-state index in [0.29, 0.717) is 25.9 Å². The first-order valence-electron chi connectivity index (χ1n) is 8.03. The minimum Gasteiger partial charge on any atom is -0.353 e. The lowest BCUT2D eigenvalue weighted by atomic mass is 9.84. The summed E-state index contributed by atoms with van der Waals surface area (Å²) in [6, 6.07) is 4.92. The summed E-state index contributed by atoms with van der Waals surface area (Å²) >= 11 is 0. The van der Waals surface area contributed by atoms with Crippen LogP contribution < -0.4 is 5.32 Å². The molecule has 1 saturated carbocycles. The average molecular weight is 340 g/mol. The highest BCUT2D eigenvalue weighted by Crippen LogP contribution is 2.27. The summed E-state index contributed by atoms with van der Waals surface area (Å²) in [5.74, 6) is -0.201. The van der Waals surface area contributed by atoms with Crippen LogP contribution in [0.15, 0.2) is 29.2 Å². The van der Waals surface area contributed by atoms with Crippen LogP contribution in [-0.4, -0.2) is 37.8 Å². The number of sulfonamides is 1. The van der Waals surface area contributed by atoms with Gasteiger partial charge in [-0.2, -0.15) is 4.31 Å². The van der Waals surface area contributed by atoms with Crippen molar-refractivity contribution in [1.29, 1.82) is 0 Å². The molecular weight excluding hydrogens is 319 g/mol. The SMILES string of the molecule is O=C(NC1CCN(S(=O)(=O)c2ccc(F)cc2)CC1)C1CCC1. The fourth-order valence-electron chi connectivity index (χ4n) is 2.99. The number of hydrogen-bond donors (Lipinski definition) is 1. The molecule has 5 nitrogen and oxygen atoms in total. The molecule has 3 rings (SSSR count). The number of benzene rings is 1. The van der Waals surface area contributed by atoms with Crippen LogP contribution >= 0.6 is 0 Å². The van der Waals surface area contributed by atoms with Gasteiger partial charge < -0.3 is 5.32 Å². The second kappa shape index (κ2) is 6.57. The molecule has 1 N–H and O–H groups in total. The minimum atomic E-state index is -3.59. The molecule has 1 aliphatic carbocycles. The molecule has 126 valence electrons. The predicted octanol–water partition coefficient (Wildman–Crippen LogP) is 1.90. The molecule has 2 aliphatic rings. The van der Waals surface area contributed by atoms with E-state index in [2.05, 4.69) is 5.32 Å².